The molecule has 1 amide bonds. The Morgan fingerprint density at radius 1 is 1.15 bits per heavy atom. The van der Waals surface area contributed by atoms with E-state index in [9.17, 15) is 9.59 Å². The predicted molar refractivity (Wildman–Crippen MR) is 107 cm³/mol. The number of hydrogen-bond donors (Lipinski definition) is 0. The largest absolute Gasteiger partial charge is 0.354 e. The molecule has 6 nitrogen and oxygen atoms in total. The Hall–Kier alpha value is -1.95. The zero-order valence-electron chi connectivity index (χ0n) is 16.9. The number of hydrogen-bond acceptors (Lipinski definition) is 5. The number of likely N-dealkylation sites (N-methyl/N-ethyl adjacent to an activating group) is 1. The van der Waals surface area contributed by atoms with E-state index in [1.807, 2.05) is 17.0 Å². The Balaban J connectivity index is 1.60. The Labute approximate surface area is 162 Å². The van der Waals surface area contributed by atoms with Gasteiger partial charge in [-0.3, -0.25) is 9.59 Å². The molecule has 0 spiro atoms. The molecule has 1 aromatic heterocycles. The molecule has 27 heavy (non-hydrogen) atoms. The number of anilines is 1. The number of carbonyl (C=O) groups excluding carboxylic acids is 2. The lowest BCUT2D eigenvalue weighted by atomic mass is 9.89. The predicted octanol–water partition coefficient (Wildman–Crippen LogP) is 2.30. The Morgan fingerprint density at radius 2 is 1.89 bits per heavy atom. The summed E-state index contributed by atoms with van der Waals surface area (Å²) < 4.78 is 0. The molecular formula is C21H32N4O2. The van der Waals surface area contributed by atoms with Crippen molar-refractivity contribution >= 4 is 17.5 Å². The van der Waals surface area contributed by atoms with Gasteiger partial charge in [0, 0.05) is 57.8 Å². The van der Waals surface area contributed by atoms with E-state index in [-0.39, 0.29) is 11.8 Å². The summed E-state index contributed by atoms with van der Waals surface area (Å²) in [4.78, 5) is 36.2. The molecule has 148 valence electrons. The van der Waals surface area contributed by atoms with Crippen molar-refractivity contribution in [3.63, 3.8) is 0 Å². The first-order valence-corrected chi connectivity index (χ1v) is 10.2. The minimum atomic E-state index is -0.0114. The molecule has 2 saturated heterocycles. The summed E-state index contributed by atoms with van der Waals surface area (Å²) in [7, 11) is 2.13. The lowest BCUT2D eigenvalue weighted by Crippen LogP contribution is -2.45. The van der Waals surface area contributed by atoms with E-state index in [4.69, 9.17) is 0 Å². The van der Waals surface area contributed by atoms with Crippen molar-refractivity contribution in [1.82, 2.24) is 14.8 Å². The molecule has 0 saturated carbocycles. The number of carbonyl (C=O) groups is 2. The molecule has 1 aromatic rings. The van der Waals surface area contributed by atoms with Crippen molar-refractivity contribution < 1.29 is 9.59 Å². The lowest BCUT2D eigenvalue weighted by molar-refractivity contribution is -0.124. The summed E-state index contributed by atoms with van der Waals surface area (Å²) in [5.74, 6) is 1.58. The first-order chi connectivity index (χ1) is 12.9. The van der Waals surface area contributed by atoms with Crippen LogP contribution in [-0.4, -0.2) is 72.8 Å². The molecule has 3 rings (SSSR count). The van der Waals surface area contributed by atoms with Gasteiger partial charge >= 0.3 is 0 Å². The van der Waals surface area contributed by atoms with Crippen molar-refractivity contribution in [2.75, 3.05) is 51.2 Å². The molecule has 0 radical (unpaired) electrons. The lowest BCUT2D eigenvalue weighted by Gasteiger charge is -2.33. The maximum absolute atomic E-state index is 12.9. The van der Waals surface area contributed by atoms with Crippen LogP contribution in [0.1, 0.15) is 43.5 Å². The average molecular weight is 373 g/mol. The van der Waals surface area contributed by atoms with Gasteiger partial charge in [0.15, 0.2) is 0 Å². The van der Waals surface area contributed by atoms with E-state index in [1.54, 1.807) is 6.20 Å². The number of Topliss-reactive ketones (excluding diaryl/α,β-unsaturated/α-hetero) is 1. The van der Waals surface area contributed by atoms with Crippen molar-refractivity contribution in [3.8, 4) is 0 Å². The molecule has 0 N–H and O–H groups in total. The van der Waals surface area contributed by atoms with Crippen LogP contribution in [0.15, 0.2) is 18.3 Å². The Morgan fingerprint density at radius 3 is 2.52 bits per heavy atom. The van der Waals surface area contributed by atoms with Gasteiger partial charge in [-0.25, -0.2) is 4.98 Å². The molecule has 1 atom stereocenters. The third-order valence-electron chi connectivity index (χ3n) is 5.60. The summed E-state index contributed by atoms with van der Waals surface area (Å²) in [6.45, 7) is 9.39. The van der Waals surface area contributed by atoms with E-state index >= 15 is 0 Å². The highest BCUT2D eigenvalue weighted by Crippen LogP contribution is 2.22. The van der Waals surface area contributed by atoms with E-state index < -0.39 is 0 Å². The highest BCUT2D eigenvalue weighted by Gasteiger charge is 2.29. The molecule has 0 bridgehead atoms. The van der Waals surface area contributed by atoms with Gasteiger partial charge in [-0.05, 0) is 37.9 Å². The van der Waals surface area contributed by atoms with Crippen LogP contribution in [0.4, 0.5) is 5.82 Å². The van der Waals surface area contributed by atoms with E-state index in [1.165, 1.54) is 0 Å². The van der Waals surface area contributed by atoms with E-state index in [0.29, 0.717) is 30.2 Å². The molecule has 0 aliphatic carbocycles. The number of likely N-dealkylation sites (tertiary alicyclic amines) is 1. The van der Waals surface area contributed by atoms with Crippen LogP contribution in [0, 0.1) is 11.8 Å². The molecular weight excluding hydrogens is 340 g/mol. The first-order valence-electron chi connectivity index (χ1n) is 10.2. The van der Waals surface area contributed by atoms with Crippen LogP contribution < -0.4 is 4.90 Å². The molecule has 1 unspecified atom stereocenters. The third-order valence-corrected chi connectivity index (χ3v) is 5.60. The number of amides is 1. The maximum atomic E-state index is 12.9. The van der Waals surface area contributed by atoms with Crippen LogP contribution in [0.5, 0.6) is 0 Å². The van der Waals surface area contributed by atoms with Gasteiger partial charge < -0.3 is 14.7 Å². The minimum Gasteiger partial charge on any atom is -0.354 e. The summed E-state index contributed by atoms with van der Waals surface area (Å²) in [5.41, 5.74) is 0.616. The monoisotopic (exact) mass is 372 g/mol. The van der Waals surface area contributed by atoms with Gasteiger partial charge in [0.25, 0.3) is 5.91 Å². The second kappa shape index (κ2) is 8.83. The van der Waals surface area contributed by atoms with Crippen molar-refractivity contribution in [1.29, 1.82) is 0 Å². The van der Waals surface area contributed by atoms with E-state index in [2.05, 4.69) is 35.7 Å². The molecule has 3 heterocycles. The van der Waals surface area contributed by atoms with Crippen LogP contribution >= 0.6 is 0 Å². The third kappa shape index (κ3) is 5.06. The number of piperidine rings is 1. The van der Waals surface area contributed by atoms with Crippen molar-refractivity contribution in [3.05, 3.63) is 23.9 Å². The summed E-state index contributed by atoms with van der Waals surface area (Å²) in [6.07, 6.45) is 4.09. The van der Waals surface area contributed by atoms with Crippen LogP contribution in [0.2, 0.25) is 0 Å². The number of rotatable bonds is 5. The number of piperazine rings is 1. The number of ketones is 1. The fourth-order valence-electron chi connectivity index (χ4n) is 3.91. The Kier molecular flexibility index (Phi) is 6.47. The second-order valence-electron chi connectivity index (χ2n) is 8.35. The number of nitrogens with zero attached hydrogens (tertiary/aromatic N) is 4. The summed E-state index contributed by atoms with van der Waals surface area (Å²) in [6, 6.07) is 3.83. The molecule has 2 fully saturated rings. The van der Waals surface area contributed by atoms with Gasteiger partial charge in [-0.15, -0.1) is 0 Å². The average Bonchev–Trinajstić information content (AvgIpc) is 2.68. The standard InChI is InChI=1S/C21H32N4O2/c1-16(2)13-19(26)18-5-4-8-25(15-18)21(27)17-6-7-20(22-14-17)24-11-9-23(3)10-12-24/h6-7,14,16,18H,4-5,8-13,15H2,1-3H3. The summed E-state index contributed by atoms with van der Waals surface area (Å²) >= 11 is 0. The zero-order valence-corrected chi connectivity index (χ0v) is 16.9. The van der Waals surface area contributed by atoms with Crippen LogP contribution in [-0.2, 0) is 4.79 Å². The number of pyridine rings is 1. The van der Waals surface area contributed by atoms with Gasteiger partial charge in [0.2, 0.25) is 0 Å². The molecule has 6 heteroatoms. The summed E-state index contributed by atoms with van der Waals surface area (Å²) in [5, 5.41) is 0. The van der Waals surface area contributed by atoms with Crippen LogP contribution in [0.25, 0.3) is 0 Å². The fraction of sp³-hybridized carbons (Fsp3) is 0.667. The maximum Gasteiger partial charge on any atom is 0.255 e. The normalized spacial score (nSPS) is 21.6. The van der Waals surface area contributed by atoms with Gasteiger partial charge in [0.1, 0.15) is 11.6 Å². The quantitative estimate of drug-likeness (QED) is 0.794. The fourth-order valence-corrected chi connectivity index (χ4v) is 3.91. The van der Waals surface area contributed by atoms with Gasteiger partial charge in [-0.1, -0.05) is 13.8 Å². The van der Waals surface area contributed by atoms with Crippen molar-refractivity contribution in [2.45, 2.75) is 33.1 Å². The first kappa shape index (κ1) is 19.8. The SMILES string of the molecule is CC(C)CC(=O)C1CCCN(C(=O)c2ccc(N3CCN(C)CC3)nc2)C1. The smallest absolute Gasteiger partial charge is 0.255 e. The van der Waals surface area contributed by atoms with Crippen molar-refractivity contribution in [2.24, 2.45) is 11.8 Å². The van der Waals surface area contributed by atoms with E-state index in [0.717, 1.165) is 51.4 Å². The second-order valence-corrected chi connectivity index (χ2v) is 8.35. The highest BCUT2D eigenvalue weighted by atomic mass is 16.2. The highest BCUT2D eigenvalue weighted by molar-refractivity contribution is 5.94. The molecule has 2 aliphatic heterocycles. The van der Waals surface area contributed by atoms with Gasteiger partial charge in [-0.2, -0.15) is 0 Å². The molecule has 0 aromatic carbocycles. The minimum absolute atomic E-state index is 0.00512. The number of aromatic nitrogens is 1. The zero-order chi connectivity index (χ0) is 19.4. The topological polar surface area (TPSA) is 56.8 Å². The van der Waals surface area contributed by atoms with Crippen LogP contribution in [0.3, 0.4) is 0 Å². The molecule has 2 aliphatic rings. The Bertz CT molecular complexity index is 651. The van der Waals surface area contributed by atoms with Gasteiger partial charge in [0.05, 0.1) is 5.56 Å².